The van der Waals surface area contributed by atoms with Gasteiger partial charge in [0.15, 0.2) is 5.16 Å². The minimum absolute atomic E-state index is 0. The van der Waals surface area contributed by atoms with Gasteiger partial charge in [-0.1, -0.05) is 23.9 Å². The Morgan fingerprint density at radius 2 is 2.13 bits per heavy atom. The molecular formula is C16H21ClN4OS. The molecule has 1 fully saturated rings. The van der Waals surface area contributed by atoms with Gasteiger partial charge < -0.3 is 14.8 Å². The van der Waals surface area contributed by atoms with Gasteiger partial charge in [0.2, 0.25) is 0 Å². The number of benzene rings is 1. The van der Waals surface area contributed by atoms with Crippen LogP contribution in [-0.4, -0.2) is 46.5 Å². The molecule has 5 nitrogen and oxygen atoms in total. The predicted octanol–water partition coefficient (Wildman–Crippen LogP) is 2.18. The molecule has 0 atom stereocenters. The maximum absolute atomic E-state index is 12.5. The van der Waals surface area contributed by atoms with E-state index in [9.17, 15) is 4.79 Å². The van der Waals surface area contributed by atoms with Crippen LogP contribution >= 0.6 is 24.2 Å². The predicted molar refractivity (Wildman–Crippen MR) is 95.2 cm³/mol. The Morgan fingerprint density at radius 1 is 1.35 bits per heavy atom. The van der Waals surface area contributed by atoms with Gasteiger partial charge in [0.05, 0.1) is 0 Å². The molecule has 3 rings (SSSR count). The van der Waals surface area contributed by atoms with Crippen molar-refractivity contribution in [2.75, 3.05) is 26.2 Å². The highest BCUT2D eigenvalue weighted by atomic mass is 35.5. The molecule has 1 aliphatic rings. The number of hydrogen-bond acceptors (Lipinski definition) is 4. The lowest BCUT2D eigenvalue weighted by atomic mass is 10.1. The quantitative estimate of drug-likeness (QED) is 0.857. The van der Waals surface area contributed by atoms with Gasteiger partial charge >= 0.3 is 0 Å². The molecule has 0 radical (unpaired) electrons. The molecule has 0 unspecified atom stereocenters. The van der Waals surface area contributed by atoms with Crippen molar-refractivity contribution in [2.45, 2.75) is 10.9 Å². The van der Waals surface area contributed by atoms with Crippen LogP contribution in [0.4, 0.5) is 0 Å². The molecule has 2 heterocycles. The molecule has 23 heavy (non-hydrogen) atoms. The molecule has 0 aliphatic carbocycles. The van der Waals surface area contributed by atoms with E-state index in [-0.39, 0.29) is 18.3 Å². The molecule has 0 bridgehead atoms. The van der Waals surface area contributed by atoms with Crippen molar-refractivity contribution in [3.05, 3.63) is 47.8 Å². The Morgan fingerprint density at radius 3 is 2.83 bits per heavy atom. The molecule has 1 aromatic carbocycles. The van der Waals surface area contributed by atoms with Crippen molar-refractivity contribution in [3.63, 3.8) is 0 Å². The van der Waals surface area contributed by atoms with Crippen molar-refractivity contribution >= 4 is 30.1 Å². The number of aromatic nitrogens is 2. The summed E-state index contributed by atoms with van der Waals surface area (Å²) in [5, 5.41) is 4.25. The number of nitrogens with one attached hydrogen (secondary N) is 1. The zero-order valence-electron chi connectivity index (χ0n) is 13.1. The number of piperazine rings is 1. The van der Waals surface area contributed by atoms with Crippen LogP contribution in [0, 0.1) is 0 Å². The van der Waals surface area contributed by atoms with Crippen LogP contribution in [0.5, 0.6) is 0 Å². The van der Waals surface area contributed by atoms with Gasteiger partial charge in [-0.05, 0) is 17.7 Å². The molecule has 0 saturated carbocycles. The van der Waals surface area contributed by atoms with Crippen molar-refractivity contribution in [2.24, 2.45) is 7.05 Å². The SMILES string of the molecule is Cl.Cn1ccnc1SCc1cccc(C(=O)N2CCNCC2)c1. The number of carbonyl (C=O) groups excluding carboxylic acids is 1. The van der Waals surface area contributed by atoms with E-state index in [1.54, 1.807) is 18.0 Å². The number of halogens is 1. The third-order valence-electron chi connectivity index (χ3n) is 3.72. The van der Waals surface area contributed by atoms with Crippen LogP contribution in [0.1, 0.15) is 15.9 Å². The third kappa shape index (κ3) is 4.50. The van der Waals surface area contributed by atoms with E-state index in [2.05, 4.69) is 16.4 Å². The Bertz CT molecular complexity index is 655. The van der Waals surface area contributed by atoms with Crippen molar-refractivity contribution in [3.8, 4) is 0 Å². The van der Waals surface area contributed by atoms with E-state index in [1.165, 1.54) is 0 Å². The lowest BCUT2D eigenvalue weighted by molar-refractivity contribution is 0.0735. The normalized spacial score (nSPS) is 14.4. The van der Waals surface area contributed by atoms with Gasteiger partial charge in [-0.2, -0.15) is 0 Å². The van der Waals surface area contributed by atoms with Crippen LogP contribution in [0.3, 0.4) is 0 Å². The lowest BCUT2D eigenvalue weighted by Crippen LogP contribution is -2.46. The lowest BCUT2D eigenvalue weighted by Gasteiger charge is -2.27. The first-order valence-corrected chi connectivity index (χ1v) is 8.41. The minimum atomic E-state index is 0. The minimum Gasteiger partial charge on any atom is -0.336 e. The van der Waals surface area contributed by atoms with Crippen LogP contribution in [-0.2, 0) is 12.8 Å². The standard InChI is InChI=1S/C16H20N4OS.ClH/c1-19-8-7-18-16(19)22-12-13-3-2-4-14(11-13)15(21)20-9-5-17-6-10-20;/h2-4,7-8,11,17H,5-6,9-10,12H2,1H3;1H. The van der Waals surface area contributed by atoms with Crippen molar-refractivity contribution in [1.82, 2.24) is 19.8 Å². The monoisotopic (exact) mass is 352 g/mol. The Hall–Kier alpha value is -1.50. The number of imidazole rings is 1. The highest BCUT2D eigenvalue weighted by Crippen LogP contribution is 2.21. The van der Waals surface area contributed by atoms with Gasteiger partial charge in [0, 0.05) is 56.9 Å². The number of amides is 1. The molecular weight excluding hydrogens is 332 g/mol. The number of hydrogen-bond donors (Lipinski definition) is 1. The number of aryl methyl sites for hydroxylation is 1. The maximum Gasteiger partial charge on any atom is 0.253 e. The summed E-state index contributed by atoms with van der Waals surface area (Å²) in [6.45, 7) is 3.32. The summed E-state index contributed by atoms with van der Waals surface area (Å²) in [4.78, 5) is 18.7. The fraction of sp³-hybridized carbons (Fsp3) is 0.375. The average Bonchev–Trinajstić information content (AvgIpc) is 2.98. The second kappa shape index (κ2) is 8.38. The number of carbonyl (C=O) groups is 1. The zero-order valence-corrected chi connectivity index (χ0v) is 14.7. The van der Waals surface area contributed by atoms with Gasteiger partial charge in [-0.3, -0.25) is 4.79 Å². The topological polar surface area (TPSA) is 50.2 Å². The second-order valence-electron chi connectivity index (χ2n) is 5.35. The van der Waals surface area contributed by atoms with Gasteiger partial charge in [-0.25, -0.2) is 4.98 Å². The van der Waals surface area contributed by atoms with Crippen LogP contribution in [0.25, 0.3) is 0 Å². The summed E-state index contributed by atoms with van der Waals surface area (Å²) in [7, 11) is 1.99. The summed E-state index contributed by atoms with van der Waals surface area (Å²) in [6, 6.07) is 7.92. The van der Waals surface area contributed by atoms with E-state index >= 15 is 0 Å². The first-order valence-electron chi connectivity index (χ1n) is 7.43. The van der Waals surface area contributed by atoms with Gasteiger partial charge in [0.1, 0.15) is 0 Å². The number of thioether (sulfide) groups is 1. The molecule has 124 valence electrons. The molecule has 2 aromatic rings. The molecule has 0 spiro atoms. The van der Waals surface area contributed by atoms with E-state index < -0.39 is 0 Å². The Labute approximate surface area is 146 Å². The summed E-state index contributed by atoms with van der Waals surface area (Å²) in [5.41, 5.74) is 1.92. The second-order valence-corrected chi connectivity index (χ2v) is 6.29. The first kappa shape index (κ1) is 17.8. The molecule has 1 aliphatic heterocycles. The van der Waals surface area contributed by atoms with Crippen molar-refractivity contribution in [1.29, 1.82) is 0 Å². The largest absolute Gasteiger partial charge is 0.336 e. The van der Waals surface area contributed by atoms with E-state index in [0.29, 0.717) is 0 Å². The molecule has 1 aromatic heterocycles. The average molecular weight is 353 g/mol. The van der Waals surface area contributed by atoms with E-state index in [1.807, 2.05) is 40.9 Å². The highest BCUT2D eigenvalue weighted by molar-refractivity contribution is 7.98. The summed E-state index contributed by atoms with van der Waals surface area (Å²) in [6.07, 6.45) is 3.74. The van der Waals surface area contributed by atoms with Gasteiger partial charge in [-0.15, -0.1) is 12.4 Å². The fourth-order valence-corrected chi connectivity index (χ4v) is 3.36. The van der Waals surface area contributed by atoms with Crippen LogP contribution in [0.15, 0.2) is 41.8 Å². The molecule has 1 amide bonds. The van der Waals surface area contributed by atoms with E-state index in [4.69, 9.17) is 0 Å². The number of nitrogens with zero attached hydrogens (tertiary/aromatic N) is 3. The van der Waals surface area contributed by atoms with Crippen LogP contribution < -0.4 is 5.32 Å². The van der Waals surface area contributed by atoms with Crippen molar-refractivity contribution < 1.29 is 4.79 Å². The smallest absolute Gasteiger partial charge is 0.253 e. The molecule has 7 heteroatoms. The van der Waals surface area contributed by atoms with Gasteiger partial charge in [0.25, 0.3) is 5.91 Å². The highest BCUT2D eigenvalue weighted by Gasteiger charge is 2.17. The zero-order chi connectivity index (χ0) is 15.4. The Balaban J connectivity index is 0.00000192. The Kier molecular flexibility index (Phi) is 6.50. The molecule has 1 N–H and O–H groups in total. The maximum atomic E-state index is 12.5. The summed E-state index contributed by atoms with van der Waals surface area (Å²) < 4.78 is 2.00. The molecule has 1 saturated heterocycles. The number of rotatable bonds is 4. The van der Waals surface area contributed by atoms with E-state index in [0.717, 1.165) is 48.2 Å². The third-order valence-corrected chi connectivity index (χ3v) is 4.85. The van der Waals surface area contributed by atoms with Crippen LogP contribution in [0.2, 0.25) is 0 Å². The first-order chi connectivity index (χ1) is 10.7. The summed E-state index contributed by atoms with van der Waals surface area (Å²) >= 11 is 1.68. The summed E-state index contributed by atoms with van der Waals surface area (Å²) in [5.74, 6) is 0.943. The fourth-order valence-electron chi connectivity index (χ4n) is 2.48.